The highest BCUT2D eigenvalue weighted by atomic mass is 32.2. The van der Waals surface area contributed by atoms with Gasteiger partial charge in [0, 0.05) is 0 Å². The maximum absolute atomic E-state index is 11.4. The smallest absolute Gasteiger partial charge is 0.347 e. The normalized spacial score (nSPS) is 14.6. The molecule has 0 bridgehead atoms. The summed E-state index contributed by atoms with van der Waals surface area (Å²) in [7, 11) is -7.00. The Morgan fingerprint density at radius 3 is 2.53 bits per heavy atom. The van der Waals surface area contributed by atoms with E-state index < -0.39 is 30.0 Å². The van der Waals surface area contributed by atoms with E-state index in [1.165, 1.54) is 6.92 Å². The zero-order valence-corrected chi connectivity index (χ0v) is 11.2. The van der Waals surface area contributed by atoms with Crippen LogP contribution in [0.15, 0.2) is 0 Å². The summed E-state index contributed by atoms with van der Waals surface area (Å²) in [6.07, 6.45) is 5.57. The molecule has 98 valence electrons. The van der Waals surface area contributed by atoms with E-state index in [2.05, 4.69) is 13.4 Å². The van der Waals surface area contributed by atoms with E-state index in [1.54, 1.807) is 0 Å². The Kier molecular flexibility index (Phi) is 7.07. The molecule has 9 heteroatoms. The molecule has 0 saturated heterocycles. The Morgan fingerprint density at radius 1 is 1.53 bits per heavy atom. The standard InChI is InChI=1S/C8H13O7PS/c1-4-6-13-7(9)8(15-17(3,11)12)16(10)14-5-2/h1,8,16H,5-6H2,2-3H3. The second-order valence-corrected chi connectivity index (χ2v) is 5.80. The van der Waals surface area contributed by atoms with Crippen LogP contribution < -0.4 is 0 Å². The van der Waals surface area contributed by atoms with E-state index in [0.717, 1.165) is 6.26 Å². The minimum absolute atomic E-state index is 0.0455. The molecule has 0 aromatic carbocycles. The molecular formula is C8H13O7PS. The van der Waals surface area contributed by atoms with Crippen LogP contribution in [0.25, 0.3) is 0 Å². The maximum atomic E-state index is 11.4. The van der Waals surface area contributed by atoms with Gasteiger partial charge in [0.2, 0.25) is 13.9 Å². The maximum Gasteiger partial charge on any atom is 0.347 e. The van der Waals surface area contributed by atoms with E-state index in [0.29, 0.717) is 0 Å². The summed E-state index contributed by atoms with van der Waals surface area (Å²) in [4.78, 5) is 11.3. The molecule has 0 heterocycles. The van der Waals surface area contributed by atoms with Crippen molar-refractivity contribution in [3.63, 3.8) is 0 Å². The van der Waals surface area contributed by atoms with Crippen LogP contribution in [-0.2, 0) is 32.9 Å². The Labute approximate surface area is 100 Å². The second-order valence-electron chi connectivity index (χ2n) is 2.74. The Hall–Kier alpha value is -0.870. The third-order valence-electron chi connectivity index (χ3n) is 1.28. The second kappa shape index (κ2) is 7.45. The monoisotopic (exact) mass is 284 g/mol. The van der Waals surface area contributed by atoms with Gasteiger partial charge < -0.3 is 9.26 Å². The summed E-state index contributed by atoms with van der Waals surface area (Å²) >= 11 is 0. The molecule has 2 unspecified atom stereocenters. The van der Waals surface area contributed by atoms with E-state index in [-0.39, 0.29) is 13.2 Å². The van der Waals surface area contributed by atoms with Gasteiger partial charge in [0.1, 0.15) is 0 Å². The molecule has 0 aliphatic heterocycles. The van der Waals surface area contributed by atoms with Gasteiger partial charge in [-0.05, 0) is 6.92 Å². The molecular weight excluding hydrogens is 271 g/mol. The van der Waals surface area contributed by atoms with E-state index in [1.807, 2.05) is 5.92 Å². The molecule has 0 aliphatic carbocycles. The Balaban J connectivity index is 4.79. The fraction of sp³-hybridized carbons (Fsp3) is 0.625. The lowest BCUT2D eigenvalue weighted by atomic mass is 10.7. The lowest BCUT2D eigenvalue weighted by Crippen LogP contribution is -2.26. The van der Waals surface area contributed by atoms with Crippen LogP contribution in [0.3, 0.4) is 0 Å². The van der Waals surface area contributed by atoms with Crippen molar-refractivity contribution < 1.29 is 31.2 Å². The third-order valence-corrected chi connectivity index (χ3v) is 3.35. The average molecular weight is 284 g/mol. The molecule has 0 aromatic rings. The van der Waals surface area contributed by atoms with Gasteiger partial charge in [-0.2, -0.15) is 8.42 Å². The average Bonchev–Trinajstić information content (AvgIpc) is 2.21. The van der Waals surface area contributed by atoms with Crippen LogP contribution in [0.2, 0.25) is 0 Å². The van der Waals surface area contributed by atoms with Gasteiger partial charge in [0.25, 0.3) is 10.1 Å². The molecule has 0 amide bonds. The van der Waals surface area contributed by atoms with Crippen molar-refractivity contribution in [1.82, 2.24) is 0 Å². The van der Waals surface area contributed by atoms with E-state index in [9.17, 15) is 17.8 Å². The first-order chi connectivity index (χ1) is 7.81. The minimum Gasteiger partial charge on any atom is -0.450 e. The largest absolute Gasteiger partial charge is 0.450 e. The number of hydrogen-bond donors (Lipinski definition) is 0. The van der Waals surface area contributed by atoms with Crippen LogP contribution in [0.4, 0.5) is 0 Å². The number of terminal acetylenes is 1. The molecule has 0 aliphatic rings. The first kappa shape index (κ1) is 16.1. The number of carbonyl (C=O) groups excluding carboxylic acids is 1. The van der Waals surface area contributed by atoms with Crippen LogP contribution in [-0.4, -0.2) is 39.7 Å². The molecule has 2 atom stereocenters. The first-order valence-corrected chi connectivity index (χ1v) is 7.67. The van der Waals surface area contributed by atoms with Gasteiger partial charge in [0.15, 0.2) is 6.61 Å². The van der Waals surface area contributed by atoms with Gasteiger partial charge >= 0.3 is 5.97 Å². The topological polar surface area (TPSA) is 96.0 Å². The lowest BCUT2D eigenvalue weighted by Gasteiger charge is -2.13. The van der Waals surface area contributed by atoms with Crippen molar-refractivity contribution in [2.75, 3.05) is 19.5 Å². The molecule has 0 saturated carbocycles. The molecule has 7 nitrogen and oxygen atoms in total. The van der Waals surface area contributed by atoms with Crippen molar-refractivity contribution in [3.8, 4) is 12.3 Å². The van der Waals surface area contributed by atoms with Crippen LogP contribution in [0.5, 0.6) is 0 Å². The van der Waals surface area contributed by atoms with Crippen molar-refractivity contribution in [3.05, 3.63) is 0 Å². The predicted molar refractivity (Wildman–Crippen MR) is 60.1 cm³/mol. The van der Waals surface area contributed by atoms with Gasteiger partial charge in [-0.3, -0.25) is 4.57 Å². The van der Waals surface area contributed by atoms with Crippen molar-refractivity contribution >= 4 is 24.1 Å². The summed E-state index contributed by atoms with van der Waals surface area (Å²) in [5.41, 5.74) is 0. The van der Waals surface area contributed by atoms with Gasteiger partial charge in [-0.1, -0.05) is 5.92 Å². The SMILES string of the molecule is C#CCOC(=O)C(OS(C)(=O)=O)[PH](=O)OCC. The van der Waals surface area contributed by atoms with E-state index in [4.69, 9.17) is 6.42 Å². The molecule has 0 spiro atoms. The number of rotatable bonds is 7. The number of carbonyl (C=O) groups is 1. The molecule has 0 fully saturated rings. The van der Waals surface area contributed by atoms with Crippen LogP contribution >= 0.6 is 8.03 Å². The van der Waals surface area contributed by atoms with Crippen LogP contribution in [0.1, 0.15) is 6.92 Å². The molecule has 0 radical (unpaired) electrons. The first-order valence-electron chi connectivity index (χ1n) is 4.46. The third kappa shape index (κ3) is 7.13. The fourth-order valence-electron chi connectivity index (χ4n) is 0.756. The van der Waals surface area contributed by atoms with Crippen LogP contribution in [0, 0.1) is 12.3 Å². The highest BCUT2D eigenvalue weighted by Crippen LogP contribution is 2.32. The molecule has 17 heavy (non-hydrogen) atoms. The minimum atomic E-state index is -3.96. The summed E-state index contributed by atoms with van der Waals surface area (Å²) in [5.74, 6) is -0.928. The highest BCUT2D eigenvalue weighted by Gasteiger charge is 2.31. The number of ether oxygens (including phenoxy) is 1. The zero-order chi connectivity index (χ0) is 13.5. The van der Waals surface area contributed by atoms with Crippen molar-refractivity contribution in [2.24, 2.45) is 0 Å². The Morgan fingerprint density at radius 2 is 2.12 bits per heavy atom. The zero-order valence-electron chi connectivity index (χ0n) is 9.33. The Bertz CT molecular complexity index is 422. The predicted octanol–water partition coefficient (Wildman–Crippen LogP) is -0.0237. The van der Waals surface area contributed by atoms with E-state index >= 15 is 0 Å². The van der Waals surface area contributed by atoms with Gasteiger partial charge in [-0.15, -0.1) is 6.42 Å². The van der Waals surface area contributed by atoms with Crippen molar-refractivity contribution in [1.29, 1.82) is 0 Å². The number of hydrogen-bond acceptors (Lipinski definition) is 7. The fourth-order valence-corrected chi connectivity index (χ4v) is 2.73. The summed E-state index contributed by atoms with van der Waals surface area (Å²) in [5, 5.41) is 0. The number of esters is 1. The summed E-state index contributed by atoms with van der Waals surface area (Å²) < 4.78 is 46.7. The summed E-state index contributed by atoms with van der Waals surface area (Å²) in [6, 6.07) is 0. The highest BCUT2D eigenvalue weighted by molar-refractivity contribution is 7.86. The summed E-state index contributed by atoms with van der Waals surface area (Å²) in [6.45, 7) is 1.21. The van der Waals surface area contributed by atoms with Gasteiger partial charge in [0.05, 0.1) is 12.9 Å². The molecule has 0 N–H and O–H groups in total. The molecule has 0 aromatic heterocycles. The van der Waals surface area contributed by atoms with Gasteiger partial charge in [-0.25, -0.2) is 8.98 Å². The molecule has 0 rings (SSSR count). The quantitative estimate of drug-likeness (QED) is 0.280. The lowest BCUT2D eigenvalue weighted by molar-refractivity contribution is -0.146. The van der Waals surface area contributed by atoms with Crippen molar-refractivity contribution in [2.45, 2.75) is 12.8 Å².